The van der Waals surface area contributed by atoms with E-state index in [1.807, 2.05) is 12.1 Å². The molecule has 164 valence electrons. The van der Waals surface area contributed by atoms with E-state index in [1.54, 1.807) is 48.5 Å². The van der Waals surface area contributed by atoms with E-state index in [9.17, 15) is 14.4 Å². The van der Waals surface area contributed by atoms with Crippen molar-refractivity contribution in [2.75, 3.05) is 23.8 Å². The van der Waals surface area contributed by atoms with Crippen molar-refractivity contribution in [2.24, 2.45) is 5.73 Å². The molecule has 0 aliphatic heterocycles. The normalized spacial score (nSPS) is 10.2. The highest BCUT2D eigenvalue weighted by molar-refractivity contribution is 6.37. The van der Waals surface area contributed by atoms with Crippen LogP contribution in [0.5, 0.6) is 11.5 Å². The molecule has 0 heterocycles. The van der Waals surface area contributed by atoms with Gasteiger partial charge in [0.1, 0.15) is 11.5 Å². The number of carbonyl (C=O) groups excluding carboxylic acids is 3. The van der Waals surface area contributed by atoms with Crippen molar-refractivity contribution in [3.05, 3.63) is 83.4 Å². The first-order valence-corrected chi connectivity index (χ1v) is 9.89. The van der Waals surface area contributed by atoms with Crippen LogP contribution in [0.1, 0.15) is 10.4 Å². The molecule has 3 rings (SSSR count). The van der Waals surface area contributed by atoms with Crippen LogP contribution >= 0.6 is 11.6 Å². The lowest BCUT2D eigenvalue weighted by molar-refractivity contribution is -0.118. The van der Waals surface area contributed by atoms with Crippen LogP contribution in [0.2, 0.25) is 5.02 Å². The summed E-state index contributed by atoms with van der Waals surface area (Å²) in [4.78, 5) is 36.3. The van der Waals surface area contributed by atoms with Crippen molar-refractivity contribution >= 4 is 40.7 Å². The highest BCUT2D eigenvalue weighted by atomic mass is 35.5. The summed E-state index contributed by atoms with van der Waals surface area (Å²) < 4.78 is 10.8. The molecule has 0 saturated carbocycles. The molecule has 0 saturated heterocycles. The molecule has 8 nitrogen and oxygen atoms in total. The third-order valence-electron chi connectivity index (χ3n) is 4.13. The minimum atomic E-state index is -0.756. The highest BCUT2D eigenvalue weighted by Crippen LogP contribution is 2.32. The average Bonchev–Trinajstić information content (AvgIpc) is 2.80. The largest absolute Gasteiger partial charge is 0.484 e. The molecule has 0 radical (unpaired) electrons. The molecule has 0 atom stereocenters. The smallest absolute Gasteiger partial charge is 0.262 e. The Labute approximate surface area is 189 Å². The van der Waals surface area contributed by atoms with E-state index in [2.05, 4.69) is 10.6 Å². The van der Waals surface area contributed by atoms with E-state index in [0.29, 0.717) is 11.5 Å². The molecular formula is C23H20ClN3O5. The minimum Gasteiger partial charge on any atom is -0.484 e. The Bertz CT molecular complexity index is 1030. The maximum absolute atomic E-state index is 12.3. The van der Waals surface area contributed by atoms with Gasteiger partial charge in [0.25, 0.3) is 11.8 Å². The number of halogens is 1. The van der Waals surface area contributed by atoms with Crippen molar-refractivity contribution in [3.8, 4) is 11.5 Å². The molecule has 0 fully saturated rings. The number of para-hydroxylation sites is 2. The van der Waals surface area contributed by atoms with Gasteiger partial charge < -0.3 is 25.8 Å². The zero-order valence-electron chi connectivity index (χ0n) is 16.8. The number of anilines is 2. The first-order valence-electron chi connectivity index (χ1n) is 9.51. The van der Waals surface area contributed by atoms with Gasteiger partial charge in [-0.1, -0.05) is 48.0 Å². The molecule has 0 aliphatic carbocycles. The van der Waals surface area contributed by atoms with Crippen LogP contribution < -0.4 is 25.8 Å². The number of primary amides is 1. The van der Waals surface area contributed by atoms with Crippen molar-refractivity contribution in [2.45, 2.75) is 0 Å². The molecule has 32 heavy (non-hydrogen) atoms. The van der Waals surface area contributed by atoms with Gasteiger partial charge in [-0.3, -0.25) is 14.4 Å². The summed E-state index contributed by atoms with van der Waals surface area (Å²) in [6.45, 7) is -0.568. The summed E-state index contributed by atoms with van der Waals surface area (Å²) in [5.41, 5.74) is 5.63. The average molecular weight is 454 g/mol. The van der Waals surface area contributed by atoms with Gasteiger partial charge >= 0.3 is 0 Å². The number of hydrogen-bond acceptors (Lipinski definition) is 5. The van der Waals surface area contributed by atoms with Crippen LogP contribution in [-0.2, 0) is 9.59 Å². The van der Waals surface area contributed by atoms with Crippen LogP contribution in [-0.4, -0.2) is 30.9 Å². The van der Waals surface area contributed by atoms with Gasteiger partial charge in [0.2, 0.25) is 5.91 Å². The Morgan fingerprint density at radius 3 is 1.53 bits per heavy atom. The van der Waals surface area contributed by atoms with Gasteiger partial charge in [-0.25, -0.2) is 0 Å². The lowest BCUT2D eigenvalue weighted by atomic mass is 10.1. The molecule has 3 aromatic carbocycles. The van der Waals surface area contributed by atoms with Gasteiger partial charge in [-0.05, 0) is 36.4 Å². The molecule has 0 aromatic heterocycles. The Hall–Kier alpha value is -4.04. The van der Waals surface area contributed by atoms with Crippen molar-refractivity contribution < 1.29 is 23.9 Å². The maximum Gasteiger partial charge on any atom is 0.262 e. The van der Waals surface area contributed by atoms with Gasteiger partial charge in [0.05, 0.1) is 16.4 Å². The lowest BCUT2D eigenvalue weighted by Crippen LogP contribution is -2.23. The van der Waals surface area contributed by atoms with Crippen molar-refractivity contribution in [1.82, 2.24) is 0 Å². The predicted octanol–water partition coefficient (Wildman–Crippen LogP) is 3.47. The summed E-state index contributed by atoms with van der Waals surface area (Å²) >= 11 is 6.34. The third-order valence-corrected chi connectivity index (χ3v) is 4.54. The second-order valence-corrected chi connectivity index (χ2v) is 6.93. The Morgan fingerprint density at radius 2 is 1.16 bits per heavy atom. The van der Waals surface area contributed by atoms with Crippen LogP contribution in [0.25, 0.3) is 0 Å². The monoisotopic (exact) mass is 453 g/mol. The van der Waals surface area contributed by atoms with E-state index in [0.717, 1.165) is 0 Å². The van der Waals surface area contributed by atoms with E-state index in [4.69, 9.17) is 26.8 Å². The van der Waals surface area contributed by atoms with E-state index >= 15 is 0 Å². The second kappa shape index (κ2) is 10.8. The Morgan fingerprint density at radius 1 is 0.750 bits per heavy atom. The molecule has 3 amide bonds. The first kappa shape index (κ1) is 22.6. The number of amides is 3. The quantitative estimate of drug-likeness (QED) is 0.458. The van der Waals surface area contributed by atoms with E-state index in [1.165, 1.54) is 12.1 Å². The predicted molar refractivity (Wildman–Crippen MR) is 121 cm³/mol. The van der Waals surface area contributed by atoms with Crippen LogP contribution in [0.3, 0.4) is 0 Å². The summed E-state index contributed by atoms with van der Waals surface area (Å²) in [6.07, 6.45) is 0. The summed E-state index contributed by atoms with van der Waals surface area (Å²) in [7, 11) is 0. The number of rotatable bonds is 9. The molecule has 4 N–H and O–H groups in total. The second-order valence-electron chi connectivity index (χ2n) is 6.55. The number of hydrogen-bond donors (Lipinski definition) is 3. The minimum absolute atomic E-state index is 0.0242. The zero-order chi connectivity index (χ0) is 22.9. The SMILES string of the molecule is NC(=O)c1cc(NC(=O)COc2ccccc2)c(Cl)c(NC(=O)COc2ccccc2)c1. The maximum atomic E-state index is 12.3. The van der Waals surface area contributed by atoms with Gasteiger partial charge in [0, 0.05) is 5.56 Å². The van der Waals surface area contributed by atoms with Crippen molar-refractivity contribution in [1.29, 1.82) is 0 Å². The molecule has 0 spiro atoms. The highest BCUT2D eigenvalue weighted by Gasteiger charge is 2.16. The fraction of sp³-hybridized carbons (Fsp3) is 0.0870. The number of nitrogens with one attached hydrogen (secondary N) is 2. The molecule has 0 aliphatic rings. The lowest BCUT2D eigenvalue weighted by Gasteiger charge is -2.14. The summed E-state index contributed by atoms with van der Waals surface area (Å²) in [5, 5.41) is 5.15. The van der Waals surface area contributed by atoms with Crippen molar-refractivity contribution in [3.63, 3.8) is 0 Å². The van der Waals surface area contributed by atoms with Gasteiger partial charge in [-0.2, -0.15) is 0 Å². The van der Waals surface area contributed by atoms with Crippen LogP contribution in [0.4, 0.5) is 11.4 Å². The van der Waals surface area contributed by atoms with Crippen LogP contribution in [0, 0.1) is 0 Å². The molecule has 0 unspecified atom stereocenters. The molecule has 9 heteroatoms. The fourth-order valence-corrected chi connectivity index (χ4v) is 2.86. The number of benzene rings is 3. The first-order chi connectivity index (χ1) is 15.4. The zero-order valence-corrected chi connectivity index (χ0v) is 17.6. The Kier molecular flexibility index (Phi) is 7.66. The third kappa shape index (κ3) is 6.48. The van der Waals surface area contributed by atoms with Gasteiger partial charge in [0.15, 0.2) is 13.2 Å². The van der Waals surface area contributed by atoms with E-state index < -0.39 is 17.7 Å². The van der Waals surface area contributed by atoms with Gasteiger partial charge in [-0.15, -0.1) is 0 Å². The topological polar surface area (TPSA) is 120 Å². The summed E-state index contributed by atoms with van der Waals surface area (Å²) in [6, 6.07) is 20.2. The number of carbonyl (C=O) groups is 3. The Balaban J connectivity index is 1.68. The molecular weight excluding hydrogens is 434 g/mol. The molecule has 0 bridgehead atoms. The summed E-state index contributed by atoms with van der Waals surface area (Å²) in [5.74, 6) is -0.741. The van der Waals surface area contributed by atoms with Crippen LogP contribution in [0.15, 0.2) is 72.8 Å². The number of ether oxygens (including phenoxy) is 2. The standard InChI is InChI=1S/C23H20ClN3O5/c24-22-18(26-20(28)13-31-16-7-3-1-4-8-16)11-15(23(25)30)12-19(22)27-21(29)14-32-17-9-5-2-6-10-17/h1-12H,13-14H2,(H2,25,30)(H,26,28)(H,27,29). The van der Waals surface area contributed by atoms with E-state index in [-0.39, 0.29) is 35.2 Å². The molecule has 3 aromatic rings. The number of nitrogens with two attached hydrogens (primary N) is 1. The fourth-order valence-electron chi connectivity index (χ4n) is 2.65.